The van der Waals surface area contributed by atoms with Crippen LogP contribution < -0.4 is 0 Å². The molecule has 0 saturated heterocycles. The van der Waals surface area contributed by atoms with E-state index in [4.69, 9.17) is 4.74 Å². The van der Waals surface area contributed by atoms with Gasteiger partial charge in [-0.15, -0.1) is 0 Å². The highest BCUT2D eigenvalue weighted by Crippen LogP contribution is 2.05. The first-order valence-electron chi connectivity index (χ1n) is 3.31. The predicted octanol–water partition coefficient (Wildman–Crippen LogP) is 2.38. The smallest absolute Gasteiger partial charge is 0.0654 e. The van der Waals surface area contributed by atoms with E-state index in [1.165, 1.54) is 0 Å². The lowest BCUT2D eigenvalue weighted by Crippen LogP contribution is -2.18. The van der Waals surface area contributed by atoms with Crippen molar-refractivity contribution < 1.29 is 4.74 Å². The number of ether oxygens (including phenoxy) is 1. The second-order valence-corrected chi connectivity index (χ2v) is 2.99. The van der Waals surface area contributed by atoms with Gasteiger partial charge >= 0.3 is 0 Å². The SMILES string of the molecule is C/C=C/COC(C)(C)C. The van der Waals surface area contributed by atoms with Gasteiger partial charge in [0.05, 0.1) is 12.2 Å². The maximum atomic E-state index is 5.38. The molecule has 0 aliphatic rings. The van der Waals surface area contributed by atoms with Gasteiger partial charge in [0, 0.05) is 0 Å². The third-order valence-corrected chi connectivity index (χ3v) is 0.848. The van der Waals surface area contributed by atoms with Crippen LogP contribution >= 0.6 is 0 Å². The van der Waals surface area contributed by atoms with Crippen LogP contribution in [0.25, 0.3) is 0 Å². The van der Waals surface area contributed by atoms with Gasteiger partial charge in [-0.3, -0.25) is 0 Å². The zero-order valence-corrected chi connectivity index (χ0v) is 6.77. The van der Waals surface area contributed by atoms with Gasteiger partial charge in [0.15, 0.2) is 0 Å². The molecule has 9 heavy (non-hydrogen) atoms. The van der Waals surface area contributed by atoms with E-state index in [9.17, 15) is 0 Å². The molecule has 0 unspecified atom stereocenters. The summed E-state index contributed by atoms with van der Waals surface area (Å²) in [5, 5.41) is 0. The van der Waals surface area contributed by atoms with Gasteiger partial charge in [0.2, 0.25) is 0 Å². The Balaban J connectivity index is 3.28. The molecule has 1 nitrogen and oxygen atoms in total. The Kier molecular flexibility index (Phi) is 3.55. The molecule has 0 aromatic rings. The molecule has 1 heteroatoms. The standard InChI is InChI=1S/C8H16O/c1-5-6-7-9-8(2,3)4/h5-6H,7H2,1-4H3/b6-5+. The molecular weight excluding hydrogens is 112 g/mol. The van der Waals surface area contributed by atoms with E-state index >= 15 is 0 Å². The molecule has 0 N–H and O–H groups in total. The van der Waals surface area contributed by atoms with Crippen molar-refractivity contribution >= 4 is 0 Å². The van der Waals surface area contributed by atoms with Gasteiger partial charge in [0.25, 0.3) is 0 Å². The fourth-order valence-electron chi connectivity index (χ4n) is 0.394. The fourth-order valence-corrected chi connectivity index (χ4v) is 0.394. The number of rotatable bonds is 2. The number of hydrogen-bond donors (Lipinski definition) is 0. The van der Waals surface area contributed by atoms with Crippen LogP contribution in [-0.4, -0.2) is 12.2 Å². The van der Waals surface area contributed by atoms with Gasteiger partial charge in [-0.2, -0.15) is 0 Å². The third-order valence-electron chi connectivity index (χ3n) is 0.848. The zero-order chi connectivity index (χ0) is 7.33. The van der Waals surface area contributed by atoms with Crippen LogP contribution in [-0.2, 0) is 4.74 Å². The molecule has 0 saturated carbocycles. The second kappa shape index (κ2) is 3.67. The molecule has 0 radical (unpaired) electrons. The average molecular weight is 128 g/mol. The lowest BCUT2D eigenvalue weighted by Gasteiger charge is -2.17. The monoisotopic (exact) mass is 128 g/mol. The Hall–Kier alpha value is -0.300. The summed E-state index contributed by atoms with van der Waals surface area (Å²) in [5.41, 5.74) is -0.000486. The van der Waals surface area contributed by atoms with E-state index in [-0.39, 0.29) is 5.60 Å². The summed E-state index contributed by atoms with van der Waals surface area (Å²) in [7, 11) is 0. The maximum absolute atomic E-state index is 5.38. The highest BCUT2D eigenvalue weighted by atomic mass is 16.5. The van der Waals surface area contributed by atoms with E-state index in [1.54, 1.807) is 0 Å². The first-order valence-corrected chi connectivity index (χ1v) is 3.31. The second-order valence-electron chi connectivity index (χ2n) is 2.99. The minimum atomic E-state index is -0.000486. The molecule has 0 amide bonds. The fraction of sp³-hybridized carbons (Fsp3) is 0.750. The van der Waals surface area contributed by atoms with Crippen molar-refractivity contribution in [3.8, 4) is 0 Å². The maximum Gasteiger partial charge on any atom is 0.0654 e. The van der Waals surface area contributed by atoms with Crippen LogP contribution in [0.5, 0.6) is 0 Å². The van der Waals surface area contributed by atoms with Crippen molar-refractivity contribution in [3.63, 3.8) is 0 Å². The van der Waals surface area contributed by atoms with E-state index in [0.717, 1.165) is 6.61 Å². The molecule has 0 spiro atoms. The third kappa shape index (κ3) is 7.70. The summed E-state index contributed by atoms with van der Waals surface area (Å²) in [5.74, 6) is 0. The van der Waals surface area contributed by atoms with Crippen LogP contribution in [0.15, 0.2) is 12.2 Å². The first kappa shape index (κ1) is 8.70. The normalized spacial score (nSPS) is 12.9. The van der Waals surface area contributed by atoms with Gasteiger partial charge in [-0.1, -0.05) is 12.2 Å². The van der Waals surface area contributed by atoms with Gasteiger partial charge in [-0.05, 0) is 27.7 Å². The van der Waals surface area contributed by atoms with Crippen molar-refractivity contribution in [1.82, 2.24) is 0 Å². The summed E-state index contributed by atoms with van der Waals surface area (Å²) < 4.78 is 5.38. The topological polar surface area (TPSA) is 9.23 Å². The number of hydrogen-bond acceptors (Lipinski definition) is 1. The van der Waals surface area contributed by atoms with Crippen molar-refractivity contribution in [2.45, 2.75) is 33.3 Å². The Morgan fingerprint density at radius 3 is 2.22 bits per heavy atom. The highest BCUT2D eigenvalue weighted by molar-refractivity contribution is 4.77. The van der Waals surface area contributed by atoms with Crippen LogP contribution in [0.4, 0.5) is 0 Å². The molecule has 0 aromatic carbocycles. The van der Waals surface area contributed by atoms with E-state index in [2.05, 4.69) is 20.8 Å². The first-order chi connectivity index (χ1) is 4.06. The van der Waals surface area contributed by atoms with Crippen molar-refractivity contribution in [2.75, 3.05) is 6.61 Å². The lowest BCUT2D eigenvalue weighted by molar-refractivity contribution is 0.0149. The largest absolute Gasteiger partial charge is 0.372 e. The zero-order valence-electron chi connectivity index (χ0n) is 6.77. The summed E-state index contributed by atoms with van der Waals surface area (Å²) in [6, 6.07) is 0. The molecule has 0 atom stereocenters. The Morgan fingerprint density at radius 2 is 1.89 bits per heavy atom. The molecule has 0 aliphatic carbocycles. The molecule has 0 aliphatic heterocycles. The van der Waals surface area contributed by atoms with E-state index < -0.39 is 0 Å². The summed E-state index contributed by atoms with van der Waals surface area (Å²) in [4.78, 5) is 0. The number of allylic oxidation sites excluding steroid dienone is 1. The summed E-state index contributed by atoms with van der Waals surface area (Å²) >= 11 is 0. The minimum absolute atomic E-state index is 0.000486. The van der Waals surface area contributed by atoms with Gasteiger partial charge < -0.3 is 4.74 Å². The Morgan fingerprint density at radius 1 is 1.33 bits per heavy atom. The lowest BCUT2D eigenvalue weighted by atomic mass is 10.2. The van der Waals surface area contributed by atoms with Crippen molar-refractivity contribution in [2.24, 2.45) is 0 Å². The van der Waals surface area contributed by atoms with Crippen molar-refractivity contribution in [3.05, 3.63) is 12.2 Å². The molecule has 0 fully saturated rings. The molecular formula is C8H16O. The van der Waals surface area contributed by atoms with E-state index in [0.29, 0.717) is 0 Å². The van der Waals surface area contributed by atoms with Crippen LogP contribution in [0.1, 0.15) is 27.7 Å². The van der Waals surface area contributed by atoms with Gasteiger partial charge in [-0.25, -0.2) is 0 Å². The predicted molar refractivity (Wildman–Crippen MR) is 40.5 cm³/mol. The highest BCUT2D eigenvalue weighted by Gasteiger charge is 2.07. The van der Waals surface area contributed by atoms with Crippen LogP contribution in [0, 0.1) is 0 Å². The molecule has 0 rings (SSSR count). The van der Waals surface area contributed by atoms with Crippen LogP contribution in [0.3, 0.4) is 0 Å². The Labute approximate surface area is 57.7 Å². The summed E-state index contributed by atoms with van der Waals surface area (Å²) in [6.45, 7) is 8.87. The molecule has 0 aromatic heterocycles. The minimum Gasteiger partial charge on any atom is -0.372 e. The quantitative estimate of drug-likeness (QED) is 0.519. The molecule has 0 heterocycles. The van der Waals surface area contributed by atoms with Crippen LogP contribution in [0.2, 0.25) is 0 Å². The Bertz CT molecular complexity index is 87.2. The van der Waals surface area contributed by atoms with Gasteiger partial charge in [0.1, 0.15) is 0 Å². The molecule has 54 valence electrons. The molecule has 0 bridgehead atoms. The average Bonchev–Trinajstić information content (AvgIpc) is 1.63. The summed E-state index contributed by atoms with van der Waals surface area (Å²) in [6.07, 6.45) is 4.00. The van der Waals surface area contributed by atoms with Crippen molar-refractivity contribution in [1.29, 1.82) is 0 Å². The van der Waals surface area contributed by atoms with E-state index in [1.807, 2.05) is 19.1 Å².